The van der Waals surface area contributed by atoms with Crippen LogP contribution in [0.25, 0.3) is 0 Å². The third-order valence-corrected chi connectivity index (χ3v) is 1.33. The first-order valence-corrected chi connectivity index (χ1v) is 2.70. The lowest BCUT2D eigenvalue weighted by Crippen LogP contribution is -2.29. The van der Waals surface area contributed by atoms with Crippen molar-refractivity contribution in [2.45, 2.75) is 19.4 Å². The van der Waals surface area contributed by atoms with E-state index in [2.05, 4.69) is 5.11 Å². The Balaban J connectivity index is 3.50. The van der Waals surface area contributed by atoms with Crippen LogP contribution in [-0.4, -0.2) is 12.1 Å². The van der Waals surface area contributed by atoms with Crippen LogP contribution in [0.2, 0.25) is 0 Å². The van der Waals surface area contributed by atoms with Gasteiger partial charge in [0.15, 0.2) is 0 Å². The first-order valence-electron chi connectivity index (χ1n) is 5.61. The zero-order valence-electron chi connectivity index (χ0n) is 11.4. The van der Waals surface area contributed by atoms with Gasteiger partial charge in [0.05, 0.1) is 11.1 Å². The average molecular weight is 130 g/mol. The molecule has 0 aromatic rings. The van der Waals surface area contributed by atoms with E-state index in [1.807, 2.05) is 0 Å². The summed E-state index contributed by atoms with van der Waals surface area (Å²) in [5.74, 6) is -1.70. The van der Waals surface area contributed by atoms with Crippen molar-refractivity contribution in [3.8, 4) is 0 Å². The fourth-order valence-corrected chi connectivity index (χ4v) is 0.489. The first-order chi connectivity index (χ1) is 6.70. The Hall–Kier alpha value is -0.560. The van der Waals surface area contributed by atoms with Gasteiger partial charge in [-0.2, -0.15) is 0 Å². The molecule has 0 bridgehead atoms. The molecule has 1 aliphatic rings. The number of aliphatic hydroxyl groups is 1. The van der Waals surface area contributed by atoms with Gasteiger partial charge in [0.1, 0.15) is 0 Å². The molecular formula is C8H12O. The predicted molar refractivity (Wildman–Crippen MR) is 38.1 cm³/mol. The summed E-state index contributed by atoms with van der Waals surface area (Å²) in [4.78, 5) is 0. The van der Waals surface area contributed by atoms with Gasteiger partial charge in [-0.3, -0.25) is 0 Å². The molecule has 0 radical (unpaired) electrons. The second-order valence-electron chi connectivity index (χ2n) is 2.16. The van der Waals surface area contributed by atoms with Crippen LogP contribution in [0.1, 0.15) is 20.7 Å². The van der Waals surface area contributed by atoms with E-state index in [1.165, 1.54) is 13.8 Å². The topological polar surface area (TPSA) is 20.2 Å². The summed E-state index contributed by atoms with van der Waals surface area (Å²) in [7, 11) is 0. The van der Waals surface area contributed by atoms with E-state index in [9.17, 15) is 0 Å². The van der Waals surface area contributed by atoms with Gasteiger partial charge in [0.2, 0.25) is 1.43 Å². The van der Waals surface area contributed by atoms with Crippen LogP contribution >= 0.6 is 0 Å². The van der Waals surface area contributed by atoms with E-state index in [-0.39, 0.29) is 0 Å². The molecule has 0 aromatic carbocycles. The SMILES string of the molecule is [2H]OC1(C)C([2H])=C([2H])C([2H])=C([2H])C1([2H])C. The molecule has 1 rings (SSSR count). The molecular weight excluding hydrogens is 112 g/mol. The maximum Gasteiger partial charge on any atom is 0.211 e. The molecule has 0 amide bonds. The van der Waals surface area contributed by atoms with E-state index in [4.69, 9.17) is 8.28 Å². The second-order valence-corrected chi connectivity index (χ2v) is 2.16. The molecule has 0 spiro atoms. The maximum atomic E-state index is 7.89. The molecule has 0 aliphatic heterocycles. The number of hydrogen-bond donors (Lipinski definition) is 1. The second kappa shape index (κ2) is 1.99. The zero-order chi connectivity index (χ0) is 12.0. The minimum atomic E-state index is -1.70. The number of hydrogen-bond acceptors (Lipinski definition) is 1. The summed E-state index contributed by atoms with van der Waals surface area (Å²) >= 11 is 0. The summed E-state index contributed by atoms with van der Waals surface area (Å²) in [6.07, 6.45) is 0. The largest absolute Gasteiger partial charge is 0.385 e. The summed E-state index contributed by atoms with van der Waals surface area (Å²) < 4.78 is 44.8. The Morgan fingerprint density at radius 2 is 2.67 bits per heavy atom. The quantitative estimate of drug-likeness (QED) is 0.570. The van der Waals surface area contributed by atoms with E-state index in [0.29, 0.717) is 0 Å². The van der Waals surface area contributed by atoms with Gasteiger partial charge in [-0.1, -0.05) is 31.1 Å². The van der Waals surface area contributed by atoms with Crippen molar-refractivity contribution in [2.24, 2.45) is 5.89 Å². The van der Waals surface area contributed by atoms with Crippen molar-refractivity contribution < 1.29 is 12.0 Å². The molecule has 2 atom stereocenters. The normalized spacial score (nSPS) is 63.3. The van der Waals surface area contributed by atoms with Crippen molar-refractivity contribution in [1.82, 2.24) is 0 Å². The van der Waals surface area contributed by atoms with Crippen molar-refractivity contribution in [3.05, 3.63) is 24.2 Å². The van der Waals surface area contributed by atoms with Crippen LogP contribution in [-0.2, 0) is 0 Å². The fourth-order valence-electron chi connectivity index (χ4n) is 0.489. The highest BCUT2D eigenvalue weighted by molar-refractivity contribution is 5.19. The lowest BCUT2D eigenvalue weighted by atomic mass is 9.87. The van der Waals surface area contributed by atoms with E-state index in [0.717, 1.165) is 0 Å². The summed E-state index contributed by atoms with van der Waals surface area (Å²) in [6.45, 7) is 2.62. The van der Waals surface area contributed by atoms with Crippen molar-refractivity contribution in [3.63, 3.8) is 0 Å². The van der Waals surface area contributed by atoms with Gasteiger partial charge in [-0.25, -0.2) is 0 Å². The molecule has 1 heteroatoms. The Morgan fingerprint density at radius 1 is 1.89 bits per heavy atom. The standard InChI is InChI=1S/C8H12O/c1-7-5-3-4-6-8(7,2)9/h3-7,9H,1-2H3/i3D,4D,5D,6D,7D,9D. The molecule has 9 heavy (non-hydrogen) atoms. The Morgan fingerprint density at radius 3 is 3.33 bits per heavy atom. The molecule has 0 heterocycles. The molecule has 1 nitrogen and oxygen atoms in total. The average Bonchev–Trinajstić information content (AvgIpc) is 2.21. The highest BCUT2D eigenvalue weighted by Crippen LogP contribution is 2.22. The third kappa shape index (κ3) is 1.22. The maximum absolute atomic E-state index is 7.89. The highest BCUT2D eigenvalue weighted by Gasteiger charge is 2.23. The lowest BCUT2D eigenvalue weighted by molar-refractivity contribution is 0.0730. The van der Waals surface area contributed by atoms with Crippen molar-refractivity contribution in [2.75, 3.05) is 0 Å². The molecule has 1 N–H and O–H groups in total. The molecule has 1 aliphatic carbocycles. The van der Waals surface area contributed by atoms with Crippen molar-refractivity contribution in [1.29, 1.82) is 1.43 Å². The molecule has 0 aromatic heterocycles. The number of rotatable bonds is 1. The molecule has 0 saturated carbocycles. The zero-order valence-corrected chi connectivity index (χ0v) is 5.41. The van der Waals surface area contributed by atoms with Crippen molar-refractivity contribution >= 4 is 0 Å². The van der Waals surface area contributed by atoms with Gasteiger partial charge in [-0.05, 0) is 6.92 Å². The van der Waals surface area contributed by atoms with E-state index < -0.39 is 35.7 Å². The predicted octanol–water partition coefficient (Wildman–Crippen LogP) is 1.50. The molecule has 50 valence electrons. The first kappa shape index (κ1) is 2.24. The molecule has 2 unspecified atom stereocenters. The third-order valence-electron chi connectivity index (χ3n) is 1.33. The smallest absolute Gasteiger partial charge is 0.211 e. The Labute approximate surface area is 64.2 Å². The summed E-state index contributed by atoms with van der Waals surface area (Å²) in [5, 5.41) is 4.35. The fraction of sp³-hybridized carbons (Fsp3) is 0.500. The van der Waals surface area contributed by atoms with Gasteiger partial charge in [-0.15, -0.1) is 0 Å². The van der Waals surface area contributed by atoms with Gasteiger partial charge >= 0.3 is 0 Å². The Kier molecular flexibility index (Phi) is 0.496. The van der Waals surface area contributed by atoms with Crippen LogP contribution in [0.5, 0.6) is 0 Å². The van der Waals surface area contributed by atoms with Crippen LogP contribution in [0, 0.1) is 5.89 Å². The van der Waals surface area contributed by atoms with E-state index >= 15 is 0 Å². The monoisotopic (exact) mass is 130 g/mol. The minimum absolute atomic E-state index is 0.404. The minimum Gasteiger partial charge on any atom is -0.385 e. The van der Waals surface area contributed by atoms with E-state index in [1.54, 1.807) is 0 Å². The van der Waals surface area contributed by atoms with Crippen LogP contribution in [0.4, 0.5) is 0 Å². The summed E-state index contributed by atoms with van der Waals surface area (Å²) in [6, 6.07) is -1.72. The van der Waals surface area contributed by atoms with Crippen LogP contribution in [0.15, 0.2) is 24.2 Å². The van der Waals surface area contributed by atoms with Gasteiger partial charge in [0, 0.05) is 7.26 Å². The van der Waals surface area contributed by atoms with Crippen LogP contribution in [0.3, 0.4) is 0 Å². The lowest BCUT2D eigenvalue weighted by Gasteiger charge is -2.26. The molecule has 0 saturated heterocycles. The number of allylic oxidation sites excluding steroid dienone is 2. The van der Waals surface area contributed by atoms with Gasteiger partial charge in [0.25, 0.3) is 0 Å². The van der Waals surface area contributed by atoms with Gasteiger partial charge < -0.3 is 5.11 Å². The highest BCUT2D eigenvalue weighted by atomic mass is 16.3. The Bertz CT molecular complexity index is 358. The van der Waals surface area contributed by atoms with Crippen LogP contribution < -0.4 is 0 Å². The summed E-state index contributed by atoms with van der Waals surface area (Å²) in [5.41, 5.74) is -1.67. The molecule has 0 fully saturated rings.